The van der Waals surface area contributed by atoms with Gasteiger partial charge < -0.3 is 26.6 Å². The number of anilines is 10. The number of aryl methyl sites for hydroxylation is 2. The summed E-state index contributed by atoms with van der Waals surface area (Å²) >= 11 is 24.3. The maximum absolute atomic E-state index is 14.5. The Bertz CT molecular complexity index is 5380. The van der Waals surface area contributed by atoms with E-state index in [4.69, 9.17) is 47.4 Å². The molecule has 5 aliphatic carbocycles. The summed E-state index contributed by atoms with van der Waals surface area (Å²) in [5.74, 6) is -16.3. The van der Waals surface area contributed by atoms with Crippen LogP contribution in [0.3, 0.4) is 0 Å². The minimum atomic E-state index is -1.77. The molecule has 43 heteroatoms. The number of nitro benzene ring substituents is 1. The monoisotopic (exact) mass is 2470 g/mol. The number of hydroxylamine groups is 5. The summed E-state index contributed by atoms with van der Waals surface area (Å²) in [7, 11) is 0. The van der Waals surface area contributed by atoms with Crippen LogP contribution in [-0.2, 0) is 24.2 Å². The molecule has 0 unspecified atom stereocenters. The van der Waals surface area contributed by atoms with E-state index in [2.05, 4.69) is 115 Å². The summed E-state index contributed by atoms with van der Waals surface area (Å²) in [6.45, 7) is 5.59. The zero-order valence-corrected chi connectivity index (χ0v) is 81.5. The molecule has 5 amide bonds. The summed E-state index contributed by atoms with van der Waals surface area (Å²) in [5, 5.41) is 23.2. The van der Waals surface area contributed by atoms with Crippen LogP contribution in [0.5, 0.6) is 0 Å². The van der Waals surface area contributed by atoms with Crippen molar-refractivity contribution in [2.75, 3.05) is 59.6 Å². The Labute approximate surface area is 821 Å². The van der Waals surface area contributed by atoms with Crippen molar-refractivity contribution in [1.29, 1.82) is 0 Å². The molecule has 0 radical (unpaired) electrons. The number of benzene rings is 10. The van der Waals surface area contributed by atoms with Crippen molar-refractivity contribution < 1.29 is 106 Å². The van der Waals surface area contributed by atoms with Crippen molar-refractivity contribution >= 4 is 244 Å². The molecule has 130 heavy (non-hydrogen) atoms. The van der Waals surface area contributed by atoms with Crippen LogP contribution in [0, 0.1) is 141 Å². The Hall–Kier alpha value is -8.38. The van der Waals surface area contributed by atoms with Crippen LogP contribution in [0.4, 0.5) is 115 Å². The minimum absolute atomic E-state index is 0.0843. The van der Waals surface area contributed by atoms with E-state index in [9.17, 15) is 86.8 Å². The Morgan fingerprint density at radius 1 is 0.338 bits per heavy atom. The average molecular weight is 2480 g/mol. The van der Waals surface area contributed by atoms with Crippen LogP contribution in [0.2, 0.25) is 10.0 Å². The molecule has 0 saturated heterocycles. The summed E-state index contributed by atoms with van der Waals surface area (Å²) in [4.78, 5) is 97.8. The highest BCUT2D eigenvalue weighted by atomic mass is 127. The largest absolute Gasteiger partial charge is 0.354 e. The van der Waals surface area contributed by atoms with Gasteiger partial charge in [0.05, 0.1) is 126 Å². The fourth-order valence-corrected chi connectivity index (χ4v) is 14.8. The number of hydrogen-bond acceptors (Lipinski definition) is 17. The highest BCUT2D eigenvalue weighted by molar-refractivity contribution is 14.1. The Morgan fingerprint density at radius 3 is 0.931 bits per heavy atom. The maximum atomic E-state index is 14.5. The first-order chi connectivity index (χ1) is 61.9. The summed E-state index contributed by atoms with van der Waals surface area (Å²) < 4.78 is 172. The Kier molecular flexibility index (Phi) is 37.3. The number of nitrogens with zero attached hydrogens (tertiary/aromatic N) is 1. The van der Waals surface area contributed by atoms with Crippen LogP contribution >= 0.6 is 152 Å². The maximum Gasteiger partial charge on any atom is 0.277 e. The van der Waals surface area contributed by atoms with E-state index >= 15 is 0 Å². The van der Waals surface area contributed by atoms with Crippen molar-refractivity contribution in [3.8, 4) is 0 Å². The second-order valence-corrected chi connectivity index (χ2v) is 37.9. The molecule has 0 bridgehead atoms. The molecule has 5 aliphatic rings. The molecule has 0 spiro atoms. The summed E-state index contributed by atoms with van der Waals surface area (Å²) in [5.41, 5.74) is 11.2. The Morgan fingerprint density at radius 2 is 0.615 bits per heavy atom. The SMILES string of the molecule is Cc1cc(I)ccc1Nc1c(C(=O)NOCC2CC2)cc(Cl)c(F)c1F.Cc1cc(I)ccc1Nc1cc([N+](=O)[O-])ccc1C(=O)NOCC1CC1.O=C(NOCC1CC1)c1cc(Br)c(F)c(F)c1Nc1ccc(I)cc1F.O=C(NOCC1CC1)c1cc(Cl)c(F)c(F)c1Nc1ccc(I)cc1F.O=C(NOCC1CC1)c1cc(F)c(F)c(F)c1Nc1ccc(I)cc1F. The third-order valence-electron chi connectivity index (χ3n) is 19.5. The minimum Gasteiger partial charge on any atom is -0.354 e. The third-order valence-corrected chi connectivity index (χ3v) is 24.0. The molecule has 0 atom stereocenters. The predicted octanol–water partition coefficient (Wildman–Crippen LogP) is 24.8. The first-order valence-electron chi connectivity index (χ1n) is 39.2. The number of amides is 5. The lowest BCUT2D eigenvalue weighted by molar-refractivity contribution is -0.384. The van der Waals surface area contributed by atoms with Crippen molar-refractivity contribution in [2.45, 2.75) is 78.1 Å². The summed E-state index contributed by atoms with van der Waals surface area (Å²) in [6.07, 6.45) is 10.4. The number of halogens is 20. The van der Waals surface area contributed by atoms with Gasteiger partial charge in [-0.05, 0) is 369 Å². The Balaban J connectivity index is 0.000000157. The fourth-order valence-electron chi connectivity index (χ4n) is 11.3. The van der Waals surface area contributed by atoms with Crippen LogP contribution in [-0.4, -0.2) is 67.5 Å². The van der Waals surface area contributed by atoms with Gasteiger partial charge in [-0.15, -0.1) is 0 Å². The van der Waals surface area contributed by atoms with Gasteiger partial charge in [0.25, 0.3) is 35.2 Å². The second-order valence-electron chi connectivity index (χ2n) is 30.0. The molecule has 688 valence electrons. The lowest BCUT2D eigenvalue weighted by Crippen LogP contribution is -2.26. The summed E-state index contributed by atoms with van der Waals surface area (Å²) in [6, 6.07) is 31.3. The number of rotatable bonds is 31. The molecule has 5 fully saturated rings. The van der Waals surface area contributed by atoms with Gasteiger partial charge >= 0.3 is 0 Å². The topological polar surface area (TPSA) is 295 Å². The van der Waals surface area contributed by atoms with E-state index in [0.29, 0.717) is 84.2 Å². The number of non-ortho nitro benzene ring substituents is 1. The zero-order valence-electron chi connectivity index (χ0n) is 67.6. The molecule has 23 nitrogen and oxygen atoms in total. The van der Waals surface area contributed by atoms with Gasteiger partial charge in [-0.1, -0.05) is 23.2 Å². The first-order valence-corrected chi connectivity index (χ1v) is 46.2. The zero-order chi connectivity index (χ0) is 94.1. The molecular formula is C87H73BrCl2F12I5N11O12. The number of hydrogen-bond donors (Lipinski definition) is 10. The second kappa shape index (κ2) is 47.5. The molecule has 0 aromatic heterocycles. The van der Waals surface area contributed by atoms with Gasteiger partial charge in [0.15, 0.2) is 52.4 Å². The van der Waals surface area contributed by atoms with E-state index in [1.807, 2.05) is 112 Å². The smallest absolute Gasteiger partial charge is 0.277 e. The van der Waals surface area contributed by atoms with E-state index in [1.54, 1.807) is 18.2 Å². The number of nitro groups is 1. The number of nitrogens with one attached hydrogen (secondary N) is 10. The number of carbonyl (C=O) groups is 5. The lowest BCUT2D eigenvalue weighted by Gasteiger charge is -2.16. The molecular weight excluding hydrogens is 2400 g/mol. The van der Waals surface area contributed by atoms with Gasteiger partial charge in [-0.3, -0.25) is 58.3 Å². The van der Waals surface area contributed by atoms with Crippen LogP contribution in [0.25, 0.3) is 0 Å². The molecule has 15 rings (SSSR count). The third kappa shape index (κ3) is 29.6. The van der Waals surface area contributed by atoms with Gasteiger partial charge in [-0.25, -0.2) is 80.1 Å². The van der Waals surface area contributed by atoms with Crippen LogP contribution in [0.1, 0.15) is 127 Å². The van der Waals surface area contributed by atoms with Gasteiger partial charge in [-0.2, -0.15) is 0 Å². The van der Waals surface area contributed by atoms with Crippen molar-refractivity contribution in [1.82, 2.24) is 27.4 Å². The van der Waals surface area contributed by atoms with E-state index in [1.165, 1.54) is 60.7 Å². The lowest BCUT2D eigenvalue weighted by atomic mass is 10.1. The van der Waals surface area contributed by atoms with E-state index in [0.717, 1.165) is 106 Å². The molecule has 0 aliphatic heterocycles. The molecule has 5 saturated carbocycles. The van der Waals surface area contributed by atoms with E-state index < -0.39 is 137 Å². The van der Waals surface area contributed by atoms with Gasteiger partial charge in [0.2, 0.25) is 0 Å². The quantitative estimate of drug-likeness (QED) is 0.00635. The average Bonchev–Trinajstić information content (AvgIpc) is 1.49. The molecule has 10 aromatic rings. The fraction of sp³-hybridized carbons (Fsp3) is 0.253. The first kappa shape index (κ1) is 102. The van der Waals surface area contributed by atoms with Crippen molar-refractivity contribution in [3.63, 3.8) is 0 Å². The molecule has 10 N–H and O–H groups in total. The van der Waals surface area contributed by atoms with Crippen molar-refractivity contribution in [3.05, 3.63) is 285 Å². The highest BCUT2D eigenvalue weighted by Gasteiger charge is 2.32. The standard InChI is InChI=1S/C18H16ClF2IN2O2.C18H18IN3O4.C17H13BrF3IN2O2.C17H13ClF3IN2O2.C17H13F4IN2O2/c1-9-6-11(22)4-5-14(9)23-17-12(7-13(19)15(20)16(17)21)18(25)24-26-8-10-2-3-10;1-11-8-13(19)4-7-16(11)20-17-9-14(22(24)25)5-6-15(17)18(23)21-26-10-12-2-3-12;2*18-11-6-10(17(25)24-26-7-8-1-2-8)16(15(21)14(11)20)23-13-4-3-9(22)5-12(13)19;18-11-5-9(22)3-4-13(11)23-16-10(6-12(19)14(20)15(16)21)17(25)24-26-7-8-1-2-8/h4-7,10,23H,2-3,8H2,1H3,(H,24,25);4-9,12,20H,2-3,10H2,1H3,(H,21,23);3*3-6,8,23H,1-2,7H2,(H,24,25). The van der Waals surface area contributed by atoms with Crippen molar-refractivity contribution in [2.24, 2.45) is 29.6 Å². The number of carbonyl (C=O) groups excluding carboxylic acids is 5. The van der Waals surface area contributed by atoms with Gasteiger partial charge in [0.1, 0.15) is 17.5 Å². The normalized spacial score (nSPS) is 13.5. The highest BCUT2D eigenvalue weighted by Crippen LogP contribution is 2.40. The predicted molar refractivity (Wildman–Crippen MR) is 508 cm³/mol. The van der Waals surface area contributed by atoms with Gasteiger partial charge in [0, 0.05) is 41.4 Å². The van der Waals surface area contributed by atoms with Crippen LogP contribution < -0.4 is 54.0 Å². The van der Waals surface area contributed by atoms with Crippen LogP contribution in [0.15, 0.2) is 138 Å². The molecule has 0 heterocycles. The van der Waals surface area contributed by atoms with E-state index in [-0.39, 0.29) is 61.8 Å². The molecule has 10 aromatic carbocycles.